The lowest BCUT2D eigenvalue weighted by molar-refractivity contribution is -0.139. The molecule has 0 aromatic heterocycles. The fourth-order valence-corrected chi connectivity index (χ4v) is 2.21. The zero-order chi connectivity index (χ0) is 12.8. The van der Waals surface area contributed by atoms with Crippen LogP contribution < -0.4 is 0 Å². The zero-order valence-electron chi connectivity index (χ0n) is 10.4. The fourth-order valence-electron chi connectivity index (χ4n) is 2.21. The van der Waals surface area contributed by atoms with E-state index in [4.69, 9.17) is 9.84 Å². The van der Waals surface area contributed by atoms with E-state index in [0.717, 1.165) is 25.9 Å². The molecule has 0 spiro atoms. The van der Waals surface area contributed by atoms with E-state index in [1.807, 2.05) is 23.1 Å². The third-order valence-corrected chi connectivity index (χ3v) is 3.22. The minimum atomic E-state index is -0.751. The lowest BCUT2D eigenvalue weighted by Gasteiger charge is -2.30. The van der Waals surface area contributed by atoms with Crippen molar-refractivity contribution in [2.24, 2.45) is 0 Å². The van der Waals surface area contributed by atoms with Crippen molar-refractivity contribution < 1.29 is 14.6 Å². The molecule has 1 aliphatic heterocycles. The van der Waals surface area contributed by atoms with E-state index < -0.39 is 5.97 Å². The number of hydrogen-bond donors (Lipinski definition) is 1. The number of piperidine rings is 1. The van der Waals surface area contributed by atoms with Crippen LogP contribution in [0.4, 0.5) is 0 Å². The van der Waals surface area contributed by atoms with E-state index in [9.17, 15) is 4.79 Å². The molecule has 1 aromatic rings. The van der Waals surface area contributed by atoms with Gasteiger partial charge in [-0.3, -0.25) is 9.69 Å². The number of rotatable bonds is 5. The minimum Gasteiger partial charge on any atom is -0.480 e. The average molecular weight is 249 g/mol. The van der Waals surface area contributed by atoms with Crippen LogP contribution in [0.15, 0.2) is 30.3 Å². The molecule has 1 fully saturated rings. The lowest BCUT2D eigenvalue weighted by atomic mass is 10.1. The molecular formula is C14H19NO3. The van der Waals surface area contributed by atoms with Crippen molar-refractivity contribution in [1.29, 1.82) is 0 Å². The van der Waals surface area contributed by atoms with Gasteiger partial charge in [-0.15, -0.1) is 0 Å². The van der Waals surface area contributed by atoms with Crippen molar-refractivity contribution in [1.82, 2.24) is 4.90 Å². The molecule has 0 radical (unpaired) electrons. The van der Waals surface area contributed by atoms with Gasteiger partial charge in [0.05, 0.1) is 19.3 Å². The Labute approximate surface area is 107 Å². The second-order valence-electron chi connectivity index (χ2n) is 4.67. The summed E-state index contributed by atoms with van der Waals surface area (Å²) in [6, 6.07) is 10.1. The largest absolute Gasteiger partial charge is 0.480 e. The highest BCUT2D eigenvalue weighted by Crippen LogP contribution is 2.15. The Hall–Kier alpha value is -1.39. The highest BCUT2D eigenvalue weighted by Gasteiger charge is 2.20. The normalized spacial score (nSPS) is 17.8. The zero-order valence-corrected chi connectivity index (χ0v) is 10.4. The number of carbonyl (C=O) groups is 1. The van der Waals surface area contributed by atoms with Crippen LogP contribution in [0.2, 0.25) is 0 Å². The van der Waals surface area contributed by atoms with E-state index in [1.54, 1.807) is 0 Å². The molecule has 4 nitrogen and oxygen atoms in total. The number of hydrogen-bond acceptors (Lipinski definition) is 3. The Morgan fingerprint density at radius 3 is 2.56 bits per heavy atom. The number of likely N-dealkylation sites (tertiary alicyclic amines) is 1. The van der Waals surface area contributed by atoms with Crippen molar-refractivity contribution >= 4 is 5.97 Å². The molecule has 0 amide bonds. The maximum Gasteiger partial charge on any atom is 0.317 e. The molecule has 18 heavy (non-hydrogen) atoms. The summed E-state index contributed by atoms with van der Waals surface area (Å²) in [5, 5.41) is 8.71. The average Bonchev–Trinajstić information content (AvgIpc) is 2.38. The first-order chi connectivity index (χ1) is 8.74. The van der Waals surface area contributed by atoms with E-state index in [1.165, 1.54) is 5.56 Å². The quantitative estimate of drug-likeness (QED) is 0.863. The first kappa shape index (κ1) is 13.1. The van der Waals surface area contributed by atoms with Gasteiger partial charge in [0.2, 0.25) is 0 Å². The lowest BCUT2D eigenvalue weighted by Crippen LogP contribution is -2.39. The highest BCUT2D eigenvalue weighted by molar-refractivity contribution is 5.69. The SMILES string of the molecule is O=C(O)CN1CCC(OCc2ccccc2)CC1. The molecular weight excluding hydrogens is 230 g/mol. The number of carboxylic acid groups (broad SMARTS) is 1. The number of aliphatic carboxylic acids is 1. The topological polar surface area (TPSA) is 49.8 Å². The summed E-state index contributed by atoms with van der Waals surface area (Å²) < 4.78 is 5.85. The molecule has 0 bridgehead atoms. The smallest absolute Gasteiger partial charge is 0.317 e. The van der Waals surface area contributed by atoms with Crippen molar-refractivity contribution in [2.45, 2.75) is 25.6 Å². The number of nitrogens with zero attached hydrogens (tertiary/aromatic N) is 1. The molecule has 1 saturated heterocycles. The van der Waals surface area contributed by atoms with E-state index in [2.05, 4.69) is 12.1 Å². The Kier molecular flexibility index (Phi) is 4.73. The van der Waals surface area contributed by atoms with Crippen molar-refractivity contribution in [3.63, 3.8) is 0 Å². The number of carboxylic acids is 1. The molecule has 1 aromatic carbocycles. The van der Waals surface area contributed by atoms with Crippen LogP contribution in [0.1, 0.15) is 18.4 Å². The number of ether oxygens (including phenoxy) is 1. The fraction of sp³-hybridized carbons (Fsp3) is 0.500. The van der Waals surface area contributed by atoms with Crippen LogP contribution in [0.3, 0.4) is 0 Å². The van der Waals surface area contributed by atoms with Crippen LogP contribution >= 0.6 is 0 Å². The van der Waals surface area contributed by atoms with Gasteiger partial charge in [-0.1, -0.05) is 30.3 Å². The summed E-state index contributed by atoms with van der Waals surface area (Å²) in [5.41, 5.74) is 1.19. The summed E-state index contributed by atoms with van der Waals surface area (Å²) in [6.07, 6.45) is 2.09. The predicted molar refractivity (Wildman–Crippen MR) is 68.3 cm³/mol. The van der Waals surface area contributed by atoms with Crippen molar-refractivity contribution in [3.05, 3.63) is 35.9 Å². The van der Waals surface area contributed by atoms with Gasteiger partial charge in [0.25, 0.3) is 0 Å². The summed E-state index contributed by atoms with van der Waals surface area (Å²) in [5.74, 6) is -0.751. The van der Waals surface area contributed by atoms with Crippen LogP contribution in [-0.4, -0.2) is 41.7 Å². The predicted octanol–water partition coefficient (Wildman–Crippen LogP) is 1.75. The Morgan fingerprint density at radius 1 is 1.28 bits per heavy atom. The molecule has 1 aliphatic rings. The minimum absolute atomic E-state index is 0.144. The van der Waals surface area contributed by atoms with Crippen LogP contribution in [-0.2, 0) is 16.1 Å². The van der Waals surface area contributed by atoms with Gasteiger partial charge < -0.3 is 9.84 Å². The van der Waals surface area contributed by atoms with Gasteiger partial charge in [0, 0.05) is 13.1 Å². The second-order valence-corrected chi connectivity index (χ2v) is 4.67. The maximum atomic E-state index is 10.6. The van der Waals surface area contributed by atoms with Crippen molar-refractivity contribution in [3.8, 4) is 0 Å². The molecule has 0 saturated carbocycles. The summed E-state index contributed by atoms with van der Waals surface area (Å²) in [6.45, 7) is 2.41. The Balaban J connectivity index is 1.69. The molecule has 4 heteroatoms. The Morgan fingerprint density at radius 2 is 1.94 bits per heavy atom. The van der Waals surface area contributed by atoms with Gasteiger partial charge in [-0.25, -0.2) is 0 Å². The molecule has 0 atom stereocenters. The second kappa shape index (κ2) is 6.52. The van der Waals surface area contributed by atoms with Gasteiger partial charge in [-0.2, -0.15) is 0 Å². The molecule has 0 aliphatic carbocycles. The third kappa shape index (κ3) is 4.13. The molecule has 0 unspecified atom stereocenters. The molecule has 2 rings (SSSR count). The maximum absolute atomic E-state index is 10.6. The molecule has 98 valence electrons. The Bertz CT molecular complexity index is 372. The summed E-state index contributed by atoms with van der Waals surface area (Å²) in [7, 11) is 0. The van der Waals surface area contributed by atoms with E-state index >= 15 is 0 Å². The summed E-state index contributed by atoms with van der Waals surface area (Å²) >= 11 is 0. The first-order valence-electron chi connectivity index (χ1n) is 6.34. The highest BCUT2D eigenvalue weighted by atomic mass is 16.5. The van der Waals surface area contributed by atoms with Gasteiger partial charge >= 0.3 is 5.97 Å². The van der Waals surface area contributed by atoms with Crippen LogP contribution in [0.25, 0.3) is 0 Å². The van der Waals surface area contributed by atoms with Crippen LogP contribution in [0.5, 0.6) is 0 Å². The van der Waals surface area contributed by atoms with Gasteiger partial charge in [-0.05, 0) is 18.4 Å². The van der Waals surface area contributed by atoms with Gasteiger partial charge in [0.15, 0.2) is 0 Å². The summed E-state index contributed by atoms with van der Waals surface area (Å²) in [4.78, 5) is 12.5. The third-order valence-electron chi connectivity index (χ3n) is 3.22. The first-order valence-corrected chi connectivity index (χ1v) is 6.34. The molecule has 1 N–H and O–H groups in total. The van der Waals surface area contributed by atoms with Crippen molar-refractivity contribution in [2.75, 3.05) is 19.6 Å². The monoisotopic (exact) mass is 249 g/mol. The van der Waals surface area contributed by atoms with E-state index in [-0.39, 0.29) is 12.6 Å². The van der Waals surface area contributed by atoms with Gasteiger partial charge in [0.1, 0.15) is 0 Å². The standard InChI is InChI=1S/C14H19NO3/c16-14(17)10-15-8-6-13(7-9-15)18-11-12-4-2-1-3-5-12/h1-5,13H,6-11H2,(H,16,17). The molecule has 1 heterocycles. The van der Waals surface area contributed by atoms with Crippen LogP contribution in [0, 0.1) is 0 Å². The number of benzene rings is 1. The van der Waals surface area contributed by atoms with E-state index in [0.29, 0.717) is 6.61 Å².